The van der Waals surface area contributed by atoms with Crippen molar-refractivity contribution in [1.29, 1.82) is 5.26 Å². The molecule has 0 spiro atoms. The molecule has 0 bridgehead atoms. The van der Waals surface area contributed by atoms with Gasteiger partial charge in [-0.2, -0.15) is 5.26 Å². The first-order chi connectivity index (χ1) is 8.73. The first-order valence-electron chi connectivity index (χ1n) is 5.53. The van der Waals surface area contributed by atoms with Gasteiger partial charge in [-0.3, -0.25) is 0 Å². The molecule has 0 aromatic heterocycles. The van der Waals surface area contributed by atoms with Gasteiger partial charge in [-0.25, -0.2) is 4.79 Å². The van der Waals surface area contributed by atoms with E-state index in [4.69, 9.17) is 33.2 Å². The quantitative estimate of drug-likeness (QED) is 0.466. The van der Waals surface area contributed by atoms with Crippen LogP contribution in [0.1, 0.15) is 26.3 Å². The SMILES string of the molecule is CC(C)(C)OC(=O)/C(C#N)=C\c1ccc(Cl)c(Cl)c1. The van der Waals surface area contributed by atoms with Gasteiger partial charge < -0.3 is 4.74 Å². The van der Waals surface area contributed by atoms with Gasteiger partial charge in [0.05, 0.1) is 10.0 Å². The van der Waals surface area contributed by atoms with Crippen LogP contribution in [-0.4, -0.2) is 11.6 Å². The van der Waals surface area contributed by atoms with E-state index in [0.29, 0.717) is 15.6 Å². The molecule has 3 nitrogen and oxygen atoms in total. The normalized spacial score (nSPS) is 11.9. The van der Waals surface area contributed by atoms with Crippen molar-refractivity contribution in [3.05, 3.63) is 39.4 Å². The molecule has 0 unspecified atom stereocenters. The van der Waals surface area contributed by atoms with Crippen LogP contribution in [0.5, 0.6) is 0 Å². The molecule has 0 heterocycles. The van der Waals surface area contributed by atoms with Crippen LogP contribution in [0, 0.1) is 11.3 Å². The molecule has 0 saturated heterocycles. The molecule has 0 radical (unpaired) electrons. The van der Waals surface area contributed by atoms with Gasteiger partial charge in [0.1, 0.15) is 17.2 Å². The van der Waals surface area contributed by atoms with E-state index in [2.05, 4.69) is 0 Å². The standard InChI is InChI=1S/C14H13Cl2NO2/c1-14(2,3)19-13(18)10(8-17)6-9-4-5-11(15)12(16)7-9/h4-7H,1-3H3/b10-6-. The molecule has 0 amide bonds. The highest BCUT2D eigenvalue weighted by atomic mass is 35.5. The van der Waals surface area contributed by atoms with Crippen LogP contribution in [0.3, 0.4) is 0 Å². The number of nitrogens with zero attached hydrogens (tertiary/aromatic N) is 1. The van der Waals surface area contributed by atoms with Crippen molar-refractivity contribution in [1.82, 2.24) is 0 Å². The van der Waals surface area contributed by atoms with Crippen molar-refractivity contribution < 1.29 is 9.53 Å². The minimum absolute atomic E-state index is 0.0895. The van der Waals surface area contributed by atoms with Crippen molar-refractivity contribution in [2.24, 2.45) is 0 Å². The number of hydrogen-bond donors (Lipinski definition) is 0. The van der Waals surface area contributed by atoms with Crippen LogP contribution in [-0.2, 0) is 9.53 Å². The first kappa shape index (κ1) is 15.6. The molecule has 0 N–H and O–H groups in total. The molecule has 0 aliphatic rings. The van der Waals surface area contributed by atoms with Gasteiger partial charge in [0.25, 0.3) is 0 Å². The van der Waals surface area contributed by atoms with Gasteiger partial charge in [0.2, 0.25) is 0 Å². The second-order valence-electron chi connectivity index (χ2n) is 4.85. The van der Waals surface area contributed by atoms with E-state index in [9.17, 15) is 4.79 Å². The van der Waals surface area contributed by atoms with E-state index in [1.807, 2.05) is 6.07 Å². The summed E-state index contributed by atoms with van der Waals surface area (Å²) in [6, 6.07) is 6.65. The fraction of sp³-hybridized carbons (Fsp3) is 0.286. The lowest BCUT2D eigenvalue weighted by Crippen LogP contribution is -2.24. The van der Waals surface area contributed by atoms with Gasteiger partial charge in [0.15, 0.2) is 0 Å². The van der Waals surface area contributed by atoms with Gasteiger partial charge in [0, 0.05) is 0 Å². The topological polar surface area (TPSA) is 50.1 Å². The van der Waals surface area contributed by atoms with E-state index in [0.717, 1.165) is 0 Å². The van der Waals surface area contributed by atoms with Crippen LogP contribution in [0.15, 0.2) is 23.8 Å². The highest BCUT2D eigenvalue weighted by molar-refractivity contribution is 6.42. The summed E-state index contributed by atoms with van der Waals surface area (Å²) in [7, 11) is 0. The lowest BCUT2D eigenvalue weighted by molar-refractivity contribution is -0.149. The molecule has 100 valence electrons. The van der Waals surface area contributed by atoms with Crippen molar-refractivity contribution in [3.63, 3.8) is 0 Å². The zero-order valence-corrected chi connectivity index (χ0v) is 12.3. The van der Waals surface area contributed by atoms with E-state index in [-0.39, 0.29) is 5.57 Å². The third-order valence-electron chi connectivity index (χ3n) is 1.99. The van der Waals surface area contributed by atoms with Crippen molar-refractivity contribution in [3.8, 4) is 6.07 Å². The lowest BCUT2D eigenvalue weighted by atomic mass is 10.1. The van der Waals surface area contributed by atoms with Crippen LogP contribution in [0.4, 0.5) is 0 Å². The number of benzene rings is 1. The highest BCUT2D eigenvalue weighted by Crippen LogP contribution is 2.24. The molecule has 0 atom stereocenters. The molecule has 1 aromatic carbocycles. The molecular formula is C14H13Cl2NO2. The van der Waals surface area contributed by atoms with Crippen LogP contribution < -0.4 is 0 Å². The van der Waals surface area contributed by atoms with Gasteiger partial charge in [-0.05, 0) is 44.5 Å². The maximum absolute atomic E-state index is 11.8. The summed E-state index contributed by atoms with van der Waals surface area (Å²) in [5.74, 6) is -0.666. The predicted molar refractivity (Wildman–Crippen MR) is 75.9 cm³/mol. The smallest absolute Gasteiger partial charge is 0.349 e. The number of rotatable bonds is 2. The number of carbonyl (C=O) groups is 1. The second kappa shape index (κ2) is 6.10. The molecule has 1 aromatic rings. The Balaban J connectivity index is 3.03. The molecule has 0 aliphatic heterocycles. The Kier molecular flexibility index (Phi) is 4.99. The Morgan fingerprint density at radius 2 is 1.95 bits per heavy atom. The molecular weight excluding hydrogens is 285 g/mol. The van der Waals surface area contributed by atoms with E-state index < -0.39 is 11.6 Å². The summed E-state index contributed by atoms with van der Waals surface area (Å²) in [5.41, 5.74) is -0.130. The first-order valence-corrected chi connectivity index (χ1v) is 6.29. The zero-order chi connectivity index (χ0) is 14.6. The maximum atomic E-state index is 11.8. The Labute approximate surface area is 122 Å². The average Bonchev–Trinajstić information content (AvgIpc) is 2.28. The van der Waals surface area contributed by atoms with E-state index in [1.165, 1.54) is 6.08 Å². The fourth-order valence-electron chi connectivity index (χ4n) is 1.24. The summed E-state index contributed by atoms with van der Waals surface area (Å²) in [5, 5.41) is 9.77. The molecule has 0 aliphatic carbocycles. The third-order valence-corrected chi connectivity index (χ3v) is 2.73. The van der Waals surface area contributed by atoms with Crippen molar-refractivity contribution in [2.75, 3.05) is 0 Å². The molecule has 1 rings (SSSR count). The van der Waals surface area contributed by atoms with Crippen LogP contribution in [0.25, 0.3) is 6.08 Å². The lowest BCUT2D eigenvalue weighted by Gasteiger charge is -2.18. The van der Waals surface area contributed by atoms with Crippen LogP contribution in [0.2, 0.25) is 10.0 Å². The van der Waals surface area contributed by atoms with Gasteiger partial charge in [-0.1, -0.05) is 29.3 Å². The van der Waals surface area contributed by atoms with Crippen LogP contribution >= 0.6 is 23.2 Å². The van der Waals surface area contributed by atoms with Crippen molar-refractivity contribution >= 4 is 35.2 Å². The summed E-state index contributed by atoms with van der Waals surface area (Å²) in [4.78, 5) is 11.8. The minimum atomic E-state index is -0.666. The minimum Gasteiger partial charge on any atom is -0.456 e. The number of nitriles is 1. The van der Waals surface area contributed by atoms with E-state index in [1.54, 1.807) is 39.0 Å². The largest absolute Gasteiger partial charge is 0.456 e. The molecule has 0 saturated carbocycles. The Hall–Kier alpha value is -1.50. The molecule has 19 heavy (non-hydrogen) atoms. The summed E-state index contributed by atoms with van der Waals surface area (Å²) in [6.07, 6.45) is 1.41. The van der Waals surface area contributed by atoms with Crippen molar-refractivity contribution in [2.45, 2.75) is 26.4 Å². The summed E-state index contributed by atoms with van der Waals surface area (Å²) >= 11 is 11.7. The summed E-state index contributed by atoms with van der Waals surface area (Å²) < 4.78 is 5.13. The Bertz CT molecular complexity index is 566. The monoisotopic (exact) mass is 297 g/mol. The number of hydrogen-bond acceptors (Lipinski definition) is 3. The fourth-order valence-corrected chi connectivity index (χ4v) is 1.55. The maximum Gasteiger partial charge on any atom is 0.349 e. The summed E-state index contributed by atoms with van der Waals surface area (Å²) in [6.45, 7) is 5.21. The predicted octanol–water partition coefficient (Wildman–Crippen LogP) is 4.24. The van der Waals surface area contributed by atoms with Gasteiger partial charge in [-0.15, -0.1) is 0 Å². The number of carbonyl (C=O) groups excluding carboxylic acids is 1. The molecule has 0 fully saturated rings. The number of halogens is 2. The average molecular weight is 298 g/mol. The second-order valence-corrected chi connectivity index (χ2v) is 5.66. The molecule has 5 heteroatoms. The Morgan fingerprint density at radius 1 is 1.32 bits per heavy atom. The zero-order valence-electron chi connectivity index (χ0n) is 10.8. The Morgan fingerprint density at radius 3 is 2.42 bits per heavy atom. The number of esters is 1. The highest BCUT2D eigenvalue weighted by Gasteiger charge is 2.19. The van der Waals surface area contributed by atoms with Gasteiger partial charge >= 0.3 is 5.97 Å². The number of ether oxygens (including phenoxy) is 1. The third kappa shape index (κ3) is 4.94. The van der Waals surface area contributed by atoms with E-state index >= 15 is 0 Å².